The minimum absolute atomic E-state index is 0.00422. The van der Waals surface area contributed by atoms with E-state index in [4.69, 9.17) is 0 Å². The van der Waals surface area contributed by atoms with E-state index < -0.39 is 5.41 Å². The van der Waals surface area contributed by atoms with Gasteiger partial charge in [0.1, 0.15) is 0 Å². The van der Waals surface area contributed by atoms with Crippen molar-refractivity contribution >= 4 is 74.0 Å². The fraction of sp³-hybridized carbons (Fsp3) is 0.157. The van der Waals surface area contributed by atoms with Gasteiger partial charge in [0, 0.05) is 45.4 Å². The normalized spacial score (nSPS) is 15.4. The van der Waals surface area contributed by atoms with Crippen molar-refractivity contribution in [2.24, 2.45) is 0 Å². The van der Waals surface area contributed by atoms with Gasteiger partial charge in [-0.15, -0.1) is 0 Å². The third kappa shape index (κ3) is 8.17. The quantitative estimate of drug-likeness (QED) is 0.140. The van der Waals surface area contributed by atoms with E-state index in [0.29, 0.717) is 0 Å². The molecule has 0 bridgehead atoms. The lowest BCUT2D eigenvalue weighted by molar-refractivity contribution is 0.331. The van der Waals surface area contributed by atoms with E-state index in [1.807, 2.05) is 0 Å². The molecule has 0 saturated carbocycles. The molecule has 0 amide bonds. The highest BCUT2D eigenvalue weighted by Gasteiger charge is 2.54. The second kappa shape index (κ2) is 19.7. The topological polar surface area (TPSA) is 9.72 Å². The van der Waals surface area contributed by atoms with Crippen molar-refractivity contribution in [1.82, 2.24) is 0 Å². The highest BCUT2D eigenvalue weighted by Crippen LogP contribution is 2.62. The lowest BCUT2D eigenvalue weighted by atomic mass is 9.42. The maximum atomic E-state index is 2.74. The van der Waals surface area contributed by atoms with Gasteiger partial charge in [-0.1, -0.05) is 255 Å². The zero-order valence-corrected chi connectivity index (χ0v) is 50.8. The van der Waals surface area contributed by atoms with Crippen molar-refractivity contribution < 1.29 is 0 Å². The molecule has 0 aromatic heterocycles. The summed E-state index contributed by atoms with van der Waals surface area (Å²) in [4.78, 5) is 7.90. The van der Waals surface area contributed by atoms with E-state index in [0.717, 1.165) is 35.6 Å². The molecule has 12 aromatic rings. The SMILES string of the molecule is CC(C)(C)c1ccc(N(c2ccc(-c3ccccc3)cc2)c2ccc3c(c2)-c2c4c(cc5ccccc25)N2c5cc6c(cc5C(c5ccccc5)(c5ccccc5)c5cccc(c52)B4N3c2ccc(-c3ccccc3)cc2)C(C)(C)CCC6(C)C)cc1. The van der Waals surface area contributed by atoms with Gasteiger partial charge in [0.05, 0.1) is 11.1 Å². The van der Waals surface area contributed by atoms with Gasteiger partial charge < -0.3 is 14.6 Å². The summed E-state index contributed by atoms with van der Waals surface area (Å²) in [7, 11) is 0. The lowest BCUT2D eigenvalue weighted by Crippen LogP contribution is -2.62. The molecule has 87 heavy (non-hydrogen) atoms. The first kappa shape index (κ1) is 52.9. The van der Waals surface area contributed by atoms with Gasteiger partial charge in [-0.3, -0.25) is 0 Å². The van der Waals surface area contributed by atoms with E-state index in [9.17, 15) is 0 Å². The molecule has 0 fully saturated rings. The van der Waals surface area contributed by atoms with Crippen molar-refractivity contribution in [1.29, 1.82) is 0 Å². The van der Waals surface area contributed by atoms with Crippen LogP contribution in [0, 0.1) is 0 Å². The summed E-state index contributed by atoms with van der Waals surface area (Å²) in [5, 5.41) is 2.47. The minimum Gasteiger partial charge on any atom is -0.376 e. The molecule has 3 heterocycles. The summed E-state index contributed by atoms with van der Waals surface area (Å²) in [6.07, 6.45) is 2.25. The first-order valence-electron chi connectivity index (χ1n) is 31.2. The first-order chi connectivity index (χ1) is 42.3. The minimum atomic E-state index is -0.666. The monoisotopic (exact) mass is 1120 g/mol. The third-order valence-electron chi connectivity index (χ3n) is 20.1. The second-order valence-corrected chi connectivity index (χ2v) is 27.1. The molecule has 3 nitrogen and oxygen atoms in total. The lowest BCUT2D eigenvalue weighted by Gasteiger charge is -2.53. The van der Waals surface area contributed by atoms with Gasteiger partial charge in [-0.2, -0.15) is 0 Å². The van der Waals surface area contributed by atoms with Gasteiger partial charge in [0.15, 0.2) is 0 Å². The number of para-hydroxylation sites is 1. The molecule has 0 N–H and O–H groups in total. The van der Waals surface area contributed by atoms with Crippen LogP contribution in [-0.2, 0) is 21.7 Å². The first-order valence-corrected chi connectivity index (χ1v) is 31.2. The Bertz CT molecular complexity index is 4600. The molecule has 0 atom stereocenters. The Morgan fingerprint density at radius 3 is 1.53 bits per heavy atom. The van der Waals surface area contributed by atoms with Crippen molar-refractivity contribution in [2.45, 2.75) is 83.0 Å². The molecule has 3 aliphatic heterocycles. The predicted octanol–water partition coefficient (Wildman–Crippen LogP) is 20.7. The number of benzene rings is 12. The molecule has 0 saturated heterocycles. The Kier molecular flexibility index (Phi) is 12.0. The Morgan fingerprint density at radius 1 is 0.414 bits per heavy atom. The van der Waals surface area contributed by atoms with Crippen molar-refractivity contribution in [3.8, 4) is 33.4 Å². The summed E-state index contributed by atoms with van der Waals surface area (Å²) in [6, 6.07) is 104. The van der Waals surface area contributed by atoms with Gasteiger partial charge in [0.2, 0.25) is 0 Å². The summed E-state index contributed by atoms with van der Waals surface area (Å²) in [6.45, 7) is 16.6. The van der Waals surface area contributed by atoms with Gasteiger partial charge in [0.25, 0.3) is 0 Å². The smallest absolute Gasteiger partial charge is 0.333 e. The maximum absolute atomic E-state index is 2.74. The van der Waals surface area contributed by atoms with Crippen LogP contribution in [0.2, 0.25) is 0 Å². The van der Waals surface area contributed by atoms with Crippen LogP contribution in [0.5, 0.6) is 0 Å². The Balaban J connectivity index is 1.01. The number of hydrogen-bond donors (Lipinski definition) is 0. The number of nitrogens with zero attached hydrogens (tertiary/aromatic N) is 3. The molecule has 16 rings (SSSR count). The molecular formula is C83H70BN3. The standard InChI is InChI=1S/C83H70BN3/c1-80(2,3)60-39-45-64(46-40-60)85(63-41-35-57(36-42-63)55-23-12-8-13-24-55)66-47-48-74-68(52-66)77-67-32-21-20-27-59(67)51-76-78(77)84(87(74)65-43-37-58(38-44-65)56-25-14-9-15-26-56)73-34-22-33-69-79(73)86(76)75-54-71-70(81(4,5)49-50-82(71,6)7)53-72(75)83(69,61-28-16-10-17-29-61)62-30-18-11-19-31-62/h8-48,51-54H,49-50H2,1-7H3. The summed E-state index contributed by atoms with van der Waals surface area (Å²) >= 11 is 0. The van der Waals surface area contributed by atoms with Gasteiger partial charge >= 0.3 is 6.85 Å². The molecular weight excluding hydrogens is 1050 g/mol. The average Bonchev–Trinajstić information content (AvgIpc) is 0.676. The van der Waals surface area contributed by atoms with Crippen LogP contribution in [0.15, 0.2) is 273 Å². The van der Waals surface area contributed by atoms with E-state index in [-0.39, 0.29) is 23.1 Å². The largest absolute Gasteiger partial charge is 0.376 e. The average molecular weight is 1120 g/mol. The van der Waals surface area contributed by atoms with Crippen LogP contribution in [0.4, 0.5) is 45.5 Å². The van der Waals surface area contributed by atoms with E-state index in [1.54, 1.807) is 0 Å². The van der Waals surface area contributed by atoms with Crippen molar-refractivity contribution in [3.63, 3.8) is 0 Å². The zero-order chi connectivity index (χ0) is 59.0. The molecule has 12 aromatic carbocycles. The second-order valence-electron chi connectivity index (χ2n) is 27.1. The van der Waals surface area contributed by atoms with Gasteiger partial charge in [-0.25, -0.2) is 0 Å². The fourth-order valence-corrected chi connectivity index (χ4v) is 15.6. The van der Waals surface area contributed by atoms with Crippen LogP contribution in [0.3, 0.4) is 0 Å². The number of anilines is 8. The van der Waals surface area contributed by atoms with Crippen molar-refractivity contribution in [3.05, 3.63) is 312 Å². The molecule has 0 unspecified atom stereocenters. The van der Waals surface area contributed by atoms with Crippen molar-refractivity contribution in [2.75, 3.05) is 14.6 Å². The van der Waals surface area contributed by atoms with E-state index in [2.05, 4.69) is 336 Å². The number of fused-ring (bicyclic) bond motifs is 9. The Morgan fingerprint density at radius 2 is 0.931 bits per heavy atom. The van der Waals surface area contributed by atoms with E-state index in [1.165, 1.54) is 117 Å². The highest BCUT2D eigenvalue weighted by atomic mass is 15.2. The molecule has 0 spiro atoms. The Hall–Kier alpha value is -9.64. The highest BCUT2D eigenvalue weighted by molar-refractivity contribution is 6.94. The molecule has 4 aliphatic rings. The number of hydrogen-bond acceptors (Lipinski definition) is 3. The molecule has 4 heteroatoms. The van der Waals surface area contributed by atoms with Crippen LogP contribution in [-0.4, -0.2) is 6.85 Å². The van der Waals surface area contributed by atoms with Crippen LogP contribution in [0.1, 0.15) is 100 Å². The molecule has 0 radical (unpaired) electrons. The zero-order valence-electron chi connectivity index (χ0n) is 50.8. The van der Waals surface area contributed by atoms with Crippen LogP contribution >= 0.6 is 0 Å². The third-order valence-corrected chi connectivity index (χ3v) is 20.1. The predicted molar refractivity (Wildman–Crippen MR) is 369 cm³/mol. The Labute approximate surface area is 514 Å². The van der Waals surface area contributed by atoms with Crippen LogP contribution in [0.25, 0.3) is 44.2 Å². The number of rotatable bonds is 8. The fourth-order valence-electron chi connectivity index (χ4n) is 15.6. The molecule has 1 aliphatic carbocycles. The summed E-state index contributed by atoms with van der Waals surface area (Å²) < 4.78 is 0. The summed E-state index contributed by atoms with van der Waals surface area (Å²) in [5.74, 6) is 0. The maximum Gasteiger partial charge on any atom is 0.333 e. The molecule has 420 valence electrons. The van der Waals surface area contributed by atoms with Crippen LogP contribution < -0.4 is 25.5 Å². The summed E-state index contributed by atoms with van der Waals surface area (Å²) in [5.41, 5.74) is 27.9. The van der Waals surface area contributed by atoms with Gasteiger partial charge in [-0.05, 0) is 184 Å². The van der Waals surface area contributed by atoms with E-state index >= 15 is 0 Å².